The maximum atomic E-state index is 10.6. The van der Waals surface area contributed by atoms with E-state index < -0.39 is 16.1 Å². The number of carboxylic acid groups (broad SMARTS) is 1. The third kappa shape index (κ3) is 2.98. The van der Waals surface area contributed by atoms with Crippen LogP contribution in [-0.4, -0.2) is 35.7 Å². The Labute approximate surface area is 79.5 Å². The molecule has 1 N–H and O–H groups in total. The van der Waals surface area contributed by atoms with Gasteiger partial charge >= 0.3 is 16.1 Å². The molecule has 1 aromatic rings. The monoisotopic (exact) mass is 218 g/mol. The molecule has 7 nitrogen and oxygen atoms in total. The lowest BCUT2D eigenvalue weighted by molar-refractivity contribution is 0.0690. The molecule has 0 aromatic carbocycles. The van der Waals surface area contributed by atoms with Gasteiger partial charge in [-0.05, 0) is 0 Å². The zero-order valence-corrected chi connectivity index (χ0v) is 7.85. The van der Waals surface area contributed by atoms with E-state index in [1.807, 2.05) is 0 Å². The molecule has 1 aromatic heterocycles. The van der Waals surface area contributed by atoms with E-state index >= 15 is 0 Å². The zero-order chi connectivity index (χ0) is 10.8. The van der Waals surface area contributed by atoms with E-state index in [1.54, 1.807) is 0 Å². The largest absolute Gasteiger partial charge is 0.476 e. The second kappa shape index (κ2) is 3.58. The SMILES string of the molecule is CS(=O)(=O)Oc1cnc(C(=O)O)cn1. The Morgan fingerprint density at radius 2 is 2.07 bits per heavy atom. The molecule has 1 heterocycles. The minimum Gasteiger partial charge on any atom is -0.476 e. The number of aromatic nitrogens is 2. The third-order valence-electron chi connectivity index (χ3n) is 1.08. The van der Waals surface area contributed by atoms with E-state index in [0.717, 1.165) is 18.6 Å². The van der Waals surface area contributed by atoms with E-state index in [9.17, 15) is 13.2 Å². The van der Waals surface area contributed by atoms with Gasteiger partial charge in [-0.1, -0.05) is 0 Å². The van der Waals surface area contributed by atoms with Gasteiger partial charge in [0.2, 0.25) is 0 Å². The van der Waals surface area contributed by atoms with Crippen molar-refractivity contribution in [3.8, 4) is 5.88 Å². The standard InChI is InChI=1S/C6H6N2O5S/c1-14(11,12)13-5-3-7-4(2-8-5)6(9)10/h2-3H,1H3,(H,9,10). The highest BCUT2D eigenvalue weighted by molar-refractivity contribution is 7.86. The molecule has 0 amide bonds. The number of nitrogens with zero attached hydrogens (tertiary/aromatic N) is 2. The zero-order valence-electron chi connectivity index (χ0n) is 7.04. The van der Waals surface area contributed by atoms with E-state index in [-0.39, 0.29) is 11.6 Å². The molecule has 0 fully saturated rings. The summed E-state index contributed by atoms with van der Waals surface area (Å²) in [7, 11) is -3.66. The predicted molar refractivity (Wildman–Crippen MR) is 44.5 cm³/mol. The van der Waals surface area contributed by atoms with Gasteiger partial charge in [0.25, 0.3) is 5.88 Å². The van der Waals surface area contributed by atoms with Crippen molar-refractivity contribution in [3.63, 3.8) is 0 Å². The molecular formula is C6H6N2O5S. The highest BCUT2D eigenvalue weighted by Gasteiger charge is 2.08. The summed E-state index contributed by atoms with van der Waals surface area (Å²) in [4.78, 5) is 17.2. The van der Waals surface area contributed by atoms with Crippen LogP contribution in [0.15, 0.2) is 12.4 Å². The summed E-state index contributed by atoms with van der Waals surface area (Å²) in [5, 5.41) is 8.45. The first-order valence-electron chi connectivity index (χ1n) is 3.33. The van der Waals surface area contributed by atoms with Gasteiger partial charge in [0.15, 0.2) is 5.69 Å². The van der Waals surface area contributed by atoms with Crippen LogP contribution in [-0.2, 0) is 10.1 Å². The van der Waals surface area contributed by atoms with Crippen molar-refractivity contribution < 1.29 is 22.5 Å². The van der Waals surface area contributed by atoms with Crippen molar-refractivity contribution in [2.24, 2.45) is 0 Å². The van der Waals surface area contributed by atoms with Crippen LogP contribution in [0.2, 0.25) is 0 Å². The third-order valence-corrected chi connectivity index (χ3v) is 1.56. The summed E-state index contributed by atoms with van der Waals surface area (Å²) in [5.74, 6) is -1.51. The number of hydrogen-bond donors (Lipinski definition) is 1. The Balaban J connectivity index is 2.90. The van der Waals surface area contributed by atoms with Crippen LogP contribution < -0.4 is 4.18 Å². The second-order valence-corrected chi connectivity index (χ2v) is 3.91. The van der Waals surface area contributed by atoms with E-state index in [4.69, 9.17) is 5.11 Å². The van der Waals surface area contributed by atoms with Crippen molar-refractivity contribution in [1.29, 1.82) is 0 Å². The van der Waals surface area contributed by atoms with Gasteiger partial charge in [0.05, 0.1) is 18.6 Å². The Morgan fingerprint density at radius 3 is 2.43 bits per heavy atom. The molecule has 0 saturated heterocycles. The van der Waals surface area contributed by atoms with Crippen LogP contribution in [0.3, 0.4) is 0 Å². The molecule has 0 unspecified atom stereocenters. The van der Waals surface area contributed by atoms with Crippen molar-refractivity contribution in [1.82, 2.24) is 9.97 Å². The first kappa shape index (κ1) is 10.4. The molecule has 14 heavy (non-hydrogen) atoms. The maximum absolute atomic E-state index is 10.6. The fraction of sp³-hybridized carbons (Fsp3) is 0.167. The van der Waals surface area contributed by atoms with Gasteiger partial charge in [-0.25, -0.2) is 14.8 Å². The predicted octanol–water partition coefficient (Wildman–Crippen LogP) is -0.487. The van der Waals surface area contributed by atoms with Gasteiger partial charge in [0, 0.05) is 0 Å². The summed E-state index contributed by atoms with van der Waals surface area (Å²) < 4.78 is 25.6. The molecule has 0 radical (unpaired) electrons. The molecule has 8 heteroatoms. The fourth-order valence-corrected chi connectivity index (χ4v) is 1.02. The van der Waals surface area contributed by atoms with Gasteiger partial charge in [0.1, 0.15) is 0 Å². The Kier molecular flexibility index (Phi) is 2.65. The lowest BCUT2D eigenvalue weighted by atomic mass is 10.5. The highest BCUT2D eigenvalue weighted by atomic mass is 32.2. The molecular weight excluding hydrogens is 212 g/mol. The summed E-state index contributed by atoms with van der Waals surface area (Å²) in [6, 6.07) is 0. The summed E-state index contributed by atoms with van der Waals surface area (Å²) in [6.45, 7) is 0. The lowest BCUT2D eigenvalue weighted by Gasteiger charge is -2.00. The van der Waals surface area contributed by atoms with Crippen molar-refractivity contribution >= 4 is 16.1 Å². The lowest BCUT2D eigenvalue weighted by Crippen LogP contribution is -2.08. The van der Waals surface area contributed by atoms with Gasteiger partial charge in [-0.2, -0.15) is 8.42 Å². The average molecular weight is 218 g/mol. The van der Waals surface area contributed by atoms with E-state index in [1.165, 1.54) is 0 Å². The smallest absolute Gasteiger partial charge is 0.356 e. The quantitative estimate of drug-likeness (QED) is 0.682. The summed E-state index contributed by atoms with van der Waals surface area (Å²) in [5.41, 5.74) is -0.286. The first-order valence-corrected chi connectivity index (χ1v) is 5.15. The number of hydrogen-bond acceptors (Lipinski definition) is 6. The van der Waals surface area contributed by atoms with Crippen molar-refractivity contribution in [2.45, 2.75) is 0 Å². The molecule has 0 spiro atoms. The summed E-state index contributed by atoms with van der Waals surface area (Å²) in [6.07, 6.45) is 2.67. The highest BCUT2D eigenvalue weighted by Crippen LogP contribution is 2.06. The van der Waals surface area contributed by atoms with E-state index in [2.05, 4.69) is 14.2 Å². The van der Waals surface area contributed by atoms with Crippen molar-refractivity contribution in [3.05, 3.63) is 18.1 Å². The Bertz CT molecular complexity index is 438. The van der Waals surface area contributed by atoms with Crippen LogP contribution in [0.5, 0.6) is 5.88 Å². The van der Waals surface area contributed by atoms with Gasteiger partial charge in [-0.15, -0.1) is 0 Å². The molecule has 76 valence electrons. The van der Waals surface area contributed by atoms with Crippen LogP contribution in [0.4, 0.5) is 0 Å². The van der Waals surface area contributed by atoms with E-state index in [0.29, 0.717) is 0 Å². The topological polar surface area (TPSA) is 106 Å². The van der Waals surface area contributed by atoms with Crippen LogP contribution in [0.1, 0.15) is 10.5 Å². The molecule has 0 aliphatic heterocycles. The van der Waals surface area contributed by atoms with Crippen molar-refractivity contribution in [2.75, 3.05) is 6.26 Å². The number of carbonyl (C=O) groups is 1. The molecule has 0 bridgehead atoms. The molecule has 0 aliphatic rings. The van der Waals surface area contributed by atoms with Crippen LogP contribution in [0.25, 0.3) is 0 Å². The number of aromatic carboxylic acids is 1. The van der Waals surface area contributed by atoms with Gasteiger partial charge < -0.3 is 9.29 Å². The normalized spacial score (nSPS) is 10.9. The second-order valence-electron chi connectivity index (χ2n) is 2.33. The minimum absolute atomic E-state index is 0.266. The number of rotatable bonds is 3. The average Bonchev–Trinajstić information content (AvgIpc) is 2.02. The fourth-order valence-electron chi connectivity index (χ4n) is 0.625. The minimum atomic E-state index is -3.66. The maximum Gasteiger partial charge on any atom is 0.356 e. The molecule has 0 atom stereocenters. The summed E-state index contributed by atoms with van der Waals surface area (Å²) >= 11 is 0. The van der Waals surface area contributed by atoms with Crippen LogP contribution in [0, 0.1) is 0 Å². The number of carboxylic acids is 1. The Hall–Kier alpha value is -1.70. The Morgan fingerprint density at radius 1 is 1.43 bits per heavy atom. The first-order chi connectivity index (χ1) is 6.38. The molecule has 0 saturated carbocycles. The molecule has 0 aliphatic carbocycles. The van der Waals surface area contributed by atoms with Gasteiger partial charge in [-0.3, -0.25) is 0 Å². The van der Waals surface area contributed by atoms with Crippen LogP contribution >= 0.6 is 0 Å². The molecule has 1 rings (SSSR count).